The number of primary amides is 1. The summed E-state index contributed by atoms with van der Waals surface area (Å²) in [6.45, 7) is 1.25. The lowest BCUT2D eigenvalue weighted by molar-refractivity contribution is -0.270. The number of pyridine rings is 1. The van der Waals surface area contributed by atoms with Gasteiger partial charge in [0.25, 0.3) is 11.8 Å². The van der Waals surface area contributed by atoms with Crippen molar-refractivity contribution < 1.29 is 41.0 Å². The number of nitrogens with one attached hydrogen (secondary N) is 1. The van der Waals surface area contributed by atoms with Gasteiger partial charge in [0.1, 0.15) is 11.8 Å². The average molecular weight is 473 g/mol. The molecule has 0 saturated carbocycles. The highest BCUT2D eigenvalue weighted by Gasteiger charge is 2.63. The molecule has 33 heavy (non-hydrogen) atoms. The van der Waals surface area contributed by atoms with Gasteiger partial charge in [-0.15, -0.1) is 0 Å². The topological polar surface area (TPSA) is 104 Å². The van der Waals surface area contributed by atoms with Crippen LogP contribution in [0.3, 0.4) is 0 Å². The van der Waals surface area contributed by atoms with Gasteiger partial charge in [0.2, 0.25) is 5.82 Å². The molecule has 12 heteroatoms. The Balaban J connectivity index is 2.05. The standard InChI is InChI=1S/C21H20F5N3O4/c1-3-20(21(24,25)26)9-12(11-4-5-13(22)15(23)16(11)32-2)17(33-20)19(31)29-10-6-7-28-14(8-10)18(27)30/h4-8,12,17H,3,9H2,1-2H3,(H2,27,30)(H,28,29,31). The molecule has 7 nitrogen and oxygen atoms in total. The van der Waals surface area contributed by atoms with Crippen molar-refractivity contribution in [3.8, 4) is 5.75 Å². The van der Waals surface area contributed by atoms with Gasteiger partial charge in [0.15, 0.2) is 17.2 Å². The highest BCUT2D eigenvalue weighted by molar-refractivity contribution is 5.97. The minimum Gasteiger partial charge on any atom is -0.493 e. The summed E-state index contributed by atoms with van der Waals surface area (Å²) in [5.74, 6) is -6.47. The van der Waals surface area contributed by atoms with Crippen molar-refractivity contribution in [2.75, 3.05) is 12.4 Å². The highest BCUT2D eigenvalue weighted by atomic mass is 19.4. The Morgan fingerprint density at radius 3 is 2.58 bits per heavy atom. The summed E-state index contributed by atoms with van der Waals surface area (Å²) in [7, 11) is 1.03. The molecule has 3 atom stereocenters. The van der Waals surface area contributed by atoms with Gasteiger partial charge >= 0.3 is 6.18 Å². The van der Waals surface area contributed by atoms with E-state index in [2.05, 4.69) is 10.3 Å². The zero-order chi connectivity index (χ0) is 24.6. The largest absolute Gasteiger partial charge is 0.493 e. The number of carbonyl (C=O) groups excluding carboxylic acids is 2. The van der Waals surface area contributed by atoms with E-state index in [0.717, 1.165) is 25.3 Å². The molecule has 2 amide bonds. The van der Waals surface area contributed by atoms with Crippen LogP contribution in [-0.4, -0.2) is 41.8 Å². The van der Waals surface area contributed by atoms with Crippen molar-refractivity contribution in [2.24, 2.45) is 5.73 Å². The number of methoxy groups -OCH3 is 1. The van der Waals surface area contributed by atoms with Crippen molar-refractivity contribution in [1.29, 1.82) is 0 Å². The van der Waals surface area contributed by atoms with Crippen LogP contribution in [0.2, 0.25) is 0 Å². The first-order chi connectivity index (χ1) is 15.4. The lowest BCUT2D eigenvalue weighted by Gasteiger charge is -2.30. The Morgan fingerprint density at radius 2 is 2.00 bits per heavy atom. The molecule has 1 fully saturated rings. The van der Waals surface area contributed by atoms with E-state index in [9.17, 15) is 31.5 Å². The maximum absolute atomic E-state index is 14.3. The Labute approximate surface area is 185 Å². The molecule has 1 aliphatic rings. The van der Waals surface area contributed by atoms with Gasteiger partial charge in [-0.2, -0.15) is 17.6 Å². The van der Waals surface area contributed by atoms with Crippen LogP contribution in [0.15, 0.2) is 30.5 Å². The number of amides is 2. The maximum atomic E-state index is 14.3. The number of ether oxygens (including phenoxy) is 2. The Kier molecular flexibility index (Phi) is 6.59. The molecule has 0 radical (unpaired) electrons. The fourth-order valence-electron chi connectivity index (χ4n) is 3.86. The van der Waals surface area contributed by atoms with Crippen LogP contribution in [0.1, 0.15) is 41.7 Å². The first-order valence-corrected chi connectivity index (χ1v) is 9.77. The van der Waals surface area contributed by atoms with Crippen LogP contribution in [0, 0.1) is 11.6 Å². The van der Waals surface area contributed by atoms with E-state index in [1.54, 1.807) is 0 Å². The predicted molar refractivity (Wildman–Crippen MR) is 106 cm³/mol. The summed E-state index contributed by atoms with van der Waals surface area (Å²) in [6.07, 6.45) is -6.67. The number of hydrogen-bond acceptors (Lipinski definition) is 5. The molecule has 1 aromatic heterocycles. The first kappa shape index (κ1) is 24.4. The number of halogens is 5. The summed E-state index contributed by atoms with van der Waals surface area (Å²) in [5, 5.41) is 2.37. The second-order valence-corrected chi connectivity index (χ2v) is 7.46. The molecule has 3 rings (SSSR count). The third kappa shape index (κ3) is 4.47. The van der Waals surface area contributed by atoms with Gasteiger partial charge in [-0.3, -0.25) is 14.6 Å². The normalized spacial score (nSPS) is 22.8. The number of anilines is 1. The van der Waals surface area contributed by atoms with Gasteiger partial charge in [0, 0.05) is 23.4 Å². The van der Waals surface area contributed by atoms with Gasteiger partial charge in [-0.05, 0) is 31.0 Å². The number of aromatic nitrogens is 1. The van der Waals surface area contributed by atoms with Crippen LogP contribution < -0.4 is 15.8 Å². The van der Waals surface area contributed by atoms with Crippen molar-refractivity contribution in [1.82, 2.24) is 4.98 Å². The minimum absolute atomic E-state index is 0.0319. The zero-order valence-corrected chi connectivity index (χ0v) is 17.5. The molecule has 1 aromatic carbocycles. The van der Waals surface area contributed by atoms with Crippen molar-refractivity contribution in [3.05, 3.63) is 53.4 Å². The number of nitrogens with two attached hydrogens (primary N) is 1. The Bertz CT molecular complexity index is 1080. The molecular formula is C21H20F5N3O4. The van der Waals surface area contributed by atoms with Gasteiger partial charge in [-0.1, -0.05) is 13.0 Å². The van der Waals surface area contributed by atoms with E-state index in [4.69, 9.17) is 15.2 Å². The number of benzene rings is 1. The summed E-state index contributed by atoms with van der Waals surface area (Å²) >= 11 is 0. The van der Waals surface area contributed by atoms with Crippen molar-refractivity contribution in [3.63, 3.8) is 0 Å². The summed E-state index contributed by atoms with van der Waals surface area (Å²) in [4.78, 5) is 28.0. The lowest BCUT2D eigenvalue weighted by Crippen LogP contribution is -2.45. The number of hydrogen-bond donors (Lipinski definition) is 2. The molecule has 178 valence electrons. The fourth-order valence-corrected chi connectivity index (χ4v) is 3.86. The van der Waals surface area contributed by atoms with Gasteiger partial charge in [0.05, 0.1) is 7.11 Å². The SMILES string of the molecule is CCC1(C(F)(F)F)CC(c2ccc(F)c(F)c2OC)C(C(=O)Nc2ccnc(C(N)=O)c2)O1. The predicted octanol–water partition coefficient (Wildman–Crippen LogP) is 3.69. The van der Waals surface area contributed by atoms with Gasteiger partial charge < -0.3 is 20.5 Å². The first-order valence-electron chi connectivity index (χ1n) is 9.77. The Morgan fingerprint density at radius 1 is 1.30 bits per heavy atom. The number of nitrogens with zero attached hydrogens (tertiary/aromatic N) is 1. The molecule has 0 aliphatic carbocycles. The number of carbonyl (C=O) groups is 2. The quantitative estimate of drug-likeness (QED) is 0.623. The smallest absolute Gasteiger partial charge is 0.417 e. The van der Waals surface area contributed by atoms with E-state index in [1.165, 1.54) is 19.2 Å². The lowest BCUT2D eigenvalue weighted by atomic mass is 9.84. The van der Waals surface area contributed by atoms with Crippen LogP contribution in [0.5, 0.6) is 5.75 Å². The Hall–Kier alpha value is -3.28. The summed E-state index contributed by atoms with van der Waals surface area (Å²) < 4.78 is 80.1. The highest BCUT2D eigenvalue weighted by Crippen LogP contribution is 2.53. The molecule has 1 saturated heterocycles. The van der Waals surface area contributed by atoms with E-state index >= 15 is 0 Å². The zero-order valence-electron chi connectivity index (χ0n) is 17.5. The van der Waals surface area contributed by atoms with E-state index in [1.807, 2.05) is 0 Å². The van der Waals surface area contributed by atoms with E-state index < -0.39 is 65.8 Å². The number of alkyl halides is 3. The second-order valence-electron chi connectivity index (χ2n) is 7.46. The monoisotopic (exact) mass is 473 g/mol. The molecule has 3 N–H and O–H groups in total. The van der Waals surface area contributed by atoms with Gasteiger partial charge in [-0.25, -0.2) is 4.39 Å². The fraction of sp³-hybridized carbons (Fsp3) is 0.381. The maximum Gasteiger partial charge on any atom is 0.417 e. The molecule has 2 aromatic rings. The molecule has 0 spiro atoms. The molecule has 0 bridgehead atoms. The van der Waals surface area contributed by atoms with Crippen LogP contribution in [-0.2, 0) is 9.53 Å². The van der Waals surface area contributed by atoms with Crippen LogP contribution in [0.4, 0.5) is 27.6 Å². The molecule has 1 aliphatic heterocycles. The number of rotatable bonds is 6. The molecular weight excluding hydrogens is 453 g/mol. The molecule has 3 unspecified atom stereocenters. The van der Waals surface area contributed by atoms with E-state index in [-0.39, 0.29) is 16.9 Å². The second kappa shape index (κ2) is 8.93. The third-order valence-electron chi connectivity index (χ3n) is 5.58. The summed E-state index contributed by atoms with van der Waals surface area (Å²) in [6, 6.07) is 4.23. The van der Waals surface area contributed by atoms with E-state index in [0.29, 0.717) is 0 Å². The third-order valence-corrected chi connectivity index (χ3v) is 5.58. The van der Waals surface area contributed by atoms with Crippen LogP contribution in [0.25, 0.3) is 0 Å². The minimum atomic E-state index is -4.85. The molecule has 2 heterocycles. The average Bonchev–Trinajstić information content (AvgIpc) is 3.17. The summed E-state index contributed by atoms with van der Waals surface area (Å²) in [5.41, 5.74) is 2.15. The van der Waals surface area contributed by atoms with Crippen molar-refractivity contribution in [2.45, 2.75) is 43.6 Å². The van der Waals surface area contributed by atoms with Crippen molar-refractivity contribution >= 4 is 17.5 Å². The van der Waals surface area contributed by atoms with Crippen LogP contribution >= 0.6 is 0 Å².